The third-order valence-electron chi connectivity index (χ3n) is 4.93. The Morgan fingerprint density at radius 3 is 2.29 bits per heavy atom. The first-order valence-electron chi connectivity index (χ1n) is 10.1. The van der Waals surface area contributed by atoms with E-state index in [9.17, 15) is 5.11 Å². The van der Waals surface area contributed by atoms with E-state index in [0.29, 0.717) is 0 Å². The molecule has 0 saturated carbocycles. The molecule has 158 valence electrons. The molecule has 1 N–H and O–H groups in total. The van der Waals surface area contributed by atoms with Crippen molar-refractivity contribution in [3.63, 3.8) is 0 Å². The Balaban J connectivity index is 1.69. The molecule has 3 aromatic heterocycles. The summed E-state index contributed by atoms with van der Waals surface area (Å²) in [5, 5.41) is 11.1. The summed E-state index contributed by atoms with van der Waals surface area (Å²) in [6, 6.07) is 16.5. The fraction of sp³-hybridized carbons (Fsp3) is 0.240. The number of hydrogen-bond donors (Lipinski definition) is 1. The number of aliphatic hydroxyl groups is 1. The van der Waals surface area contributed by atoms with Gasteiger partial charge in [0.05, 0.1) is 5.60 Å². The Morgan fingerprint density at radius 2 is 1.68 bits per heavy atom. The maximum absolute atomic E-state index is 10.3. The number of pyridine rings is 1. The van der Waals surface area contributed by atoms with Crippen LogP contribution in [0, 0.1) is 13.8 Å². The SMILES string of the molecule is Cc1cc(C)nc(SCc2cc(-c3cccnc3)sc2-c2ccc(C(C)(C)O)cc2)n1. The lowest BCUT2D eigenvalue weighted by molar-refractivity contribution is 0.0786. The summed E-state index contributed by atoms with van der Waals surface area (Å²) in [7, 11) is 0. The van der Waals surface area contributed by atoms with Gasteiger partial charge in [0.25, 0.3) is 0 Å². The van der Waals surface area contributed by atoms with E-state index < -0.39 is 5.60 Å². The van der Waals surface area contributed by atoms with Gasteiger partial charge in [0.15, 0.2) is 5.16 Å². The van der Waals surface area contributed by atoms with Gasteiger partial charge in [0.1, 0.15) is 0 Å². The van der Waals surface area contributed by atoms with Crippen LogP contribution in [0.5, 0.6) is 0 Å². The second kappa shape index (κ2) is 8.91. The molecule has 0 saturated heterocycles. The average molecular weight is 448 g/mol. The van der Waals surface area contributed by atoms with Crippen LogP contribution in [0.1, 0.15) is 36.4 Å². The molecular formula is C25H25N3OS2. The van der Waals surface area contributed by atoms with Gasteiger partial charge < -0.3 is 5.11 Å². The predicted octanol–water partition coefficient (Wildman–Crippen LogP) is 6.40. The third-order valence-corrected chi connectivity index (χ3v) is 7.10. The van der Waals surface area contributed by atoms with Crippen molar-refractivity contribution in [1.29, 1.82) is 0 Å². The van der Waals surface area contributed by atoms with E-state index in [1.54, 1.807) is 43.1 Å². The number of aryl methyl sites for hydroxylation is 2. The molecule has 0 aliphatic rings. The number of aromatic nitrogens is 3. The molecular weight excluding hydrogens is 422 g/mol. The maximum Gasteiger partial charge on any atom is 0.188 e. The van der Waals surface area contributed by atoms with Crippen LogP contribution in [0.15, 0.2) is 66.1 Å². The molecule has 0 unspecified atom stereocenters. The van der Waals surface area contributed by atoms with Crippen LogP contribution in [-0.4, -0.2) is 20.1 Å². The highest BCUT2D eigenvalue weighted by Gasteiger charge is 2.18. The lowest BCUT2D eigenvalue weighted by atomic mass is 9.97. The van der Waals surface area contributed by atoms with Gasteiger partial charge in [-0.3, -0.25) is 4.98 Å². The zero-order chi connectivity index (χ0) is 22.0. The minimum Gasteiger partial charge on any atom is -0.386 e. The quantitative estimate of drug-likeness (QED) is 0.274. The Morgan fingerprint density at radius 1 is 0.968 bits per heavy atom. The van der Waals surface area contributed by atoms with Gasteiger partial charge in [-0.25, -0.2) is 9.97 Å². The first-order chi connectivity index (χ1) is 14.8. The molecule has 0 amide bonds. The number of benzene rings is 1. The van der Waals surface area contributed by atoms with E-state index in [1.807, 2.05) is 44.3 Å². The van der Waals surface area contributed by atoms with E-state index in [-0.39, 0.29) is 0 Å². The van der Waals surface area contributed by atoms with E-state index in [4.69, 9.17) is 0 Å². The smallest absolute Gasteiger partial charge is 0.188 e. The average Bonchev–Trinajstić information content (AvgIpc) is 3.16. The minimum absolute atomic E-state index is 0.780. The van der Waals surface area contributed by atoms with Crippen molar-refractivity contribution in [2.45, 2.75) is 44.2 Å². The second-order valence-corrected chi connectivity index (χ2v) is 10.1. The molecule has 0 spiro atoms. The van der Waals surface area contributed by atoms with E-state index >= 15 is 0 Å². The van der Waals surface area contributed by atoms with Crippen molar-refractivity contribution in [1.82, 2.24) is 15.0 Å². The summed E-state index contributed by atoms with van der Waals surface area (Å²) in [5.74, 6) is 0.780. The van der Waals surface area contributed by atoms with Crippen molar-refractivity contribution < 1.29 is 5.11 Å². The van der Waals surface area contributed by atoms with Crippen molar-refractivity contribution in [3.8, 4) is 20.9 Å². The van der Waals surface area contributed by atoms with Crippen LogP contribution < -0.4 is 0 Å². The molecule has 31 heavy (non-hydrogen) atoms. The zero-order valence-electron chi connectivity index (χ0n) is 18.1. The monoisotopic (exact) mass is 447 g/mol. The standard InChI is InChI=1S/C25H25N3OS2/c1-16-12-17(2)28-24(27-16)30-15-20-13-22(19-6-5-11-26-14-19)31-23(20)18-7-9-21(10-8-18)25(3,4)29/h5-14,29H,15H2,1-4H3. The molecule has 4 aromatic rings. The molecule has 1 aromatic carbocycles. The van der Waals surface area contributed by atoms with Crippen molar-refractivity contribution >= 4 is 23.1 Å². The van der Waals surface area contributed by atoms with Gasteiger partial charge in [0, 0.05) is 44.9 Å². The summed E-state index contributed by atoms with van der Waals surface area (Å²) in [4.78, 5) is 15.8. The molecule has 4 nitrogen and oxygen atoms in total. The van der Waals surface area contributed by atoms with E-state index in [1.165, 1.54) is 15.3 Å². The molecule has 0 fully saturated rings. The topological polar surface area (TPSA) is 58.9 Å². The van der Waals surface area contributed by atoms with Gasteiger partial charge in [-0.15, -0.1) is 11.3 Å². The highest BCUT2D eigenvalue weighted by atomic mass is 32.2. The molecule has 4 rings (SSSR count). The van der Waals surface area contributed by atoms with E-state index in [0.717, 1.165) is 39.0 Å². The highest BCUT2D eigenvalue weighted by molar-refractivity contribution is 7.98. The van der Waals surface area contributed by atoms with Crippen LogP contribution in [0.4, 0.5) is 0 Å². The molecule has 0 radical (unpaired) electrons. The molecule has 3 heterocycles. The molecule has 0 atom stereocenters. The second-order valence-electron chi connectivity index (χ2n) is 8.07. The molecule has 0 bridgehead atoms. The first-order valence-corrected chi connectivity index (χ1v) is 11.9. The number of nitrogens with zero attached hydrogens (tertiary/aromatic N) is 3. The van der Waals surface area contributed by atoms with Gasteiger partial charge in [-0.1, -0.05) is 42.1 Å². The van der Waals surface area contributed by atoms with Crippen molar-refractivity contribution in [3.05, 3.63) is 83.4 Å². The number of rotatable bonds is 6. The lowest BCUT2D eigenvalue weighted by Gasteiger charge is -2.17. The normalized spacial score (nSPS) is 11.6. The fourth-order valence-corrected chi connectivity index (χ4v) is 5.56. The summed E-state index contributed by atoms with van der Waals surface area (Å²) in [5.41, 5.74) is 5.52. The third kappa shape index (κ3) is 5.21. The van der Waals surface area contributed by atoms with E-state index in [2.05, 4.69) is 39.2 Å². The summed E-state index contributed by atoms with van der Waals surface area (Å²) in [6.07, 6.45) is 3.69. The molecule has 6 heteroatoms. The number of thioether (sulfide) groups is 1. The first kappa shape index (κ1) is 21.7. The Hall–Kier alpha value is -2.54. The number of thiophene rings is 1. The van der Waals surface area contributed by atoms with Crippen molar-refractivity contribution in [2.75, 3.05) is 0 Å². The maximum atomic E-state index is 10.3. The summed E-state index contributed by atoms with van der Waals surface area (Å²) >= 11 is 3.42. The van der Waals surface area contributed by atoms with Gasteiger partial charge in [-0.2, -0.15) is 0 Å². The zero-order valence-corrected chi connectivity index (χ0v) is 19.7. The predicted molar refractivity (Wildman–Crippen MR) is 129 cm³/mol. The summed E-state index contributed by atoms with van der Waals surface area (Å²) in [6.45, 7) is 7.61. The lowest BCUT2D eigenvalue weighted by Crippen LogP contribution is -2.14. The van der Waals surface area contributed by atoms with Crippen LogP contribution in [0.25, 0.3) is 20.9 Å². The fourth-order valence-electron chi connectivity index (χ4n) is 3.36. The van der Waals surface area contributed by atoms with Gasteiger partial charge >= 0.3 is 0 Å². The summed E-state index contributed by atoms with van der Waals surface area (Å²) < 4.78 is 0. The van der Waals surface area contributed by atoms with Crippen LogP contribution in [0.2, 0.25) is 0 Å². The van der Waals surface area contributed by atoms with Crippen LogP contribution in [0.3, 0.4) is 0 Å². The molecule has 0 aliphatic carbocycles. The van der Waals surface area contributed by atoms with Gasteiger partial charge in [-0.05, 0) is 62.6 Å². The molecule has 0 aliphatic heterocycles. The Labute approximate surface area is 191 Å². The number of hydrogen-bond acceptors (Lipinski definition) is 6. The Bertz CT molecular complexity index is 1160. The Kier molecular flexibility index (Phi) is 6.23. The van der Waals surface area contributed by atoms with Gasteiger partial charge in [0.2, 0.25) is 0 Å². The largest absolute Gasteiger partial charge is 0.386 e. The van der Waals surface area contributed by atoms with Crippen molar-refractivity contribution in [2.24, 2.45) is 0 Å². The minimum atomic E-state index is -0.853. The van der Waals surface area contributed by atoms with Crippen LogP contribution >= 0.6 is 23.1 Å². The highest BCUT2D eigenvalue weighted by Crippen LogP contribution is 2.40. The van der Waals surface area contributed by atoms with Crippen LogP contribution in [-0.2, 0) is 11.4 Å².